The molecule has 0 bridgehead atoms. The number of nitrogens with one attached hydrogen (secondary N) is 1. The van der Waals surface area contributed by atoms with Gasteiger partial charge < -0.3 is 49.3 Å². The Morgan fingerprint density at radius 2 is 1.05 bits per heavy atom. The van der Waals surface area contributed by atoms with Crippen LogP contribution in [-0.2, 0) is 47.5 Å². The van der Waals surface area contributed by atoms with Gasteiger partial charge in [-0.05, 0) is 34.1 Å². The fourth-order valence-electron chi connectivity index (χ4n) is 3.20. The number of esters is 1. The van der Waals surface area contributed by atoms with E-state index in [1.165, 1.54) is 0 Å². The van der Waals surface area contributed by atoms with Crippen molar-refractivity contribution in [3.63, 3.8) is 0 Å². The van der Waals surface area contributed by atoms with E-state index in [9.17, 15) is 14.4 Å². The van der Waals surface area contributed by atoms with Crippen LogP contribution in [0.25, 0.3) is 0 Å². The average molecular weight is 567 g/mol. The maximum absolute atomic E-state index is 12.6. The van der Waals surface area contributed by atoms with E-state index in [4.69, 9.17) is 44.0 Å². The van der Waals surface area contributed by atoms with E-state index < -0.39 is 28.5 Å². The van der Waals surface area contributed by atoms with Gasteiger partial charge >= 0.3 is 11.9 Å². The third-order valence-corrected chi connectivity index (χ3v) is 4.91. The zero-order valence-electron chi connectivity index (χ0n) is 24.5. The fraction of sp³-hybridized carbons (Fsp3) is 0.885. The first-order valence-corrected chi connectivity index (χ1v) is 13.2. The van der Waals surface area contributed by atoms with Gasteiger partial charge in [-0.3, -0.25) is 9.59 Å². The number of ether oxygens (including phenoxy) is 7. The molecule has 0 aromatic heterocycles. The quantitative estimate of drug-likeness (QED) is 0.111. The molecule has 0 spiro atoms. The van der Waals surface area contributed by atoms with Crippen LogP contribution in [0, 0.1) is 5.41 Å². The fourth-order valence-corrected chi connectivity index (χ4v) is 3.20. The summed E-state index contributed by atoms with van der Waals surface area (Å²) in [5.74, 6) is -1.77. The van der Waals surface area contributed by atoms with Gasteiger partial charge in [0.1, 0.15) is 17.7 Å². The maximum atomic E-state index is 12.6. The lowest BCUT2D eigenvalue weighted by Crippen LogP contribution is -2.53. The number of nitrogens with two attached hydrogens (primary N) is 1. The van der Waals surface area contributed by atoms with E-state index in [1.807, 2.05) is 0 Å². The number of carboxylic acids is 1. The Balaban J connectivity index is 3.65. The standard InChI is InChI=1S/C26H50N2O11/c1-24(2,3)39-23(32)26(6,27)20-25(4,5)22(31)28-7-8-33-9-10-34-11-12-35-13-14-36-15-16-37-17-18-38-19-21(29)30/h7-20,27H2,1-6H3,(H,28,31)(H,29,30). The van der Waals surface area contributed by atoms with Crippen molar-refractivity contribution in [3.8, 4) is 0 Å². The third kappa shape index (κ3) is 21.6. The molecule has 1 amide bonds. The maximum Gasteiger partial charge on any atom is 0.329 e. The molecule has 0 saturated carbocycles. The molecule has 0 aliphatic heterocycles. The molecule has 0 radical (unpaired) electrons. The molecular weight excluding hydrogens is 516 g/mol. The molecule has 13 heteroatoms. The summed E-state index contributed by atoms with van der Waals surface area (Å²) >= 11 is 0. The minimum Gasteiger partial charge on any atom is -0.480 e. The van der Waals surface area contributed by atoms with Crippen molar-refractivity contribution < 1.29 is 52.6 Å². The van der Waals surface area contributed by atoms with Crippen molar-refractivity contribution in [1.29, 1.82) is 0 Å². The number of aliphatic carboxylic acids is 1. The van der Waals surface area contributed by atoms with E-state index in [2.05, 4.69) is 5.32 Å². The van der Waals surface area contributed by atoms with Gasteiger partial charge in [0.25, 0.3) is 0 Å². The Kier molecular flexibility index (Phi) is 19.1. The Morgan fingerprint density at radius 1 is 0.667 bits per heavy atom. The second kappa shape index (κ2) is 20.1. The predicted molar refractivity (Wildman–Crippen MR) is 142 cm³/mol. The Morgan fingerprint density at radius 3 is 1.44 bits per heavy atom. The first kappa shape index (κ1) is 37.1. The van der Waals surface area contributed by atoms with Crippen LogP contribution in [0.5, 0.6) is 0 Å². The van der Waals surface area contributed by atoms with Gasteiger partial charge in [-0.2, -0.15) is 0 Å². The molecule has 4 N–H and O–H groups in total. The lowest BCUT2D eigenvalue weighted by Gasteiger charge is -2.34. The Hall–Kier alpha value is -1.87. The van der Waals surface area contributed by atoms with Crippen LogP contribution in [0.2, 0.25) is 0 Å². The molecule has 0 aromatic rings. The molecule has 0 aliphatic carbocycles. The summed E-state index contributed by atoms with van der Waals surface area (Å²) in [6.45, 7) is 14.5. The van der Waals surface area contributed by atoms with E-state index in [0.29, 0.717) is 72.6 Å². The second-order valence-corrected chi connectivity index (χ2v) is 10.7. The van der Waals surface area contributed by atoms with Crippen LogP contribution in [-0.4, -0.2) is 120 Å². The lowest BCUT2D eigenvalue weighted by atomic mass is 9.78. The van der Waals surface area contributed by atoms with Crippen LogP contribution in [0.4, 0.5) is 0 Å². The highest BCUT2D eigenvalue weighted by Crippen LogP contribution is 2.28. The highest BCUT2D eigenvalue weighted by atomic mass is 16.6. The van der Waals surface area contributed by atoms with Crippen molar-refractivity contribution in [3.05, 3.63) is 0 Å². The van der Waals surface area contributed by atoms with Crippen LogP contribution < -0.4 is 11.1 Å². The number of rotatable bonds is 24. The van der Waals surface area contributed by atoms with E-state index in [0.717, 1.165) is 0 Å². The number of carbonyl (C=O) groups excluding carboxylic acids is 2. The van der Waals surface area contributed by atoms with Gasteiger partial charge in [0, 0.05) is 12.0 Å². The van der Waals surface area contributed by atoms with Gasteiger partial charge in [0.05, 0.1) is 72.7 Å². The molecule has 1 unspecified atom stereocenters. The summed E-state index contributed by atoms with van der Waals surface area (Å²) in [6, 6.07) is 0. The zero-order valence-corrected chi connectivity index (χ0v) is 24.5. The molecular formula is C26H50N2O11. The number of amides is 1. The first-order valence-electron chi connectivity index (χ1n) is 13.2. The molecule has 0 heterocycles. The minimum atomic E-state index is -1.30. The largest absolute Gasteiger partial charge is 0.480 e. The van der Waals surface area contributed by atoms with E-state index >= 15 is 0 Å². The molecule has 0 fully saturated rings. The highest BCUT2D eigenvalue weighted by Gasteiger charge is 2.41. The Bertz CT molecular complexity index is 694. The summed E-state index contributed by atoms with van der Waals surface area (Å²) in [5.41, 5.74) is 3.35. The number of carboxylic acid groups (broad SMARTS) is 1. The van der Waals surface area contributed by atoms with Crippen LogP contribution in [0.1, 0.15) is 48.0 Å². The smallest absolute Gasteiger partial charge is 0.329 e. The van der Waals surface area contributed by atoms with Crippen LogP contribution >= 0.6 is 0 Å². The second-order valence-electron chi connectivity index (χ2n) is 10.7. The van der Waals surface area contributed by atoms with Crippen molar-refractivity contribution in [1.82, 2.24) is 5.32 Å². The molecule has 13 nitrogen and oxygen atoms in total. The number of hydrogen-bond acceptors (Lipinski definition) is 11. The summed E-state index contributed by atoms with van der Waals surface area (Å²) in [7, 11) is 0. The number of carbonyl (C=O) groups is 3. The normalized spacial score (nSPS) is 13.6. The molecule has 39 heavy (non-hydrogen) atoms. The van der Waals surface area contributed by atoms with Crippen molar-refractivity contribution >= 4 is 17.8 Å². The number of hydrogen-bond donors (Lipinski definition) is 3. The summed E-state index contributed by atoms with van der Waals surface area (Å²) in [5, 5.41) is 11.2. The lowest BCUT2D eigenvalue weighted by molar-refractivity contribution is -0.162. The van der Waals surface area contributed by atoms with Crippen LogP contribution in [0.15, 0.2) is 0 Å². The molecule has 0 rings (SSSR count). The summed E-state index contributed by atoms with van der Waals surface area (Å²) < 4.78 is 37.1. The minimum absolute atomic E-state index is 0.130. The van der Waals surface area contributed by atoms with Crippen molar-refractivity contribution in [2.24, 2.45) is 11.1 Å². The molecule has 0 aromatic carbocycles. The summed E-state index contributed by atoms with van der Waals surface area (Å²) in [6.07, 6.45) is 0.130. The topological polar surface area (TPSA) is 174 Å². The van der Waals surface area contributed by atoms with Gasteiger partial charge in [0.15, 0.2) is 0 Å². The molecule has 0 saturated heterocycles. The Labute approximate surface area is 232 Å². The third-order valence-electron chi connectivity index (χ3n) is 4.91. The molecule has 1 atom stereocenters. The van der Waals surface area contributed by atoms with Crippen molar-refractivity contribution in [2.75, 3.05) is 85.8 Å². The summed E-state index contributed by atoms with van der Waals surface area (Å²) in [4.78, 5) is 35.3. The van der Waals surface area contributed by atoms with Gasteiger partial charge in [0.2, 0.25) is 5.91 Å². The van der Waals surface area contributed by atoms with Crippen LogP contribution in [0.3, 0.4) is 0 Å². The van der Waals surface area contributed by atoms with Gasteiger partial charge in [-0.15, -0.1) is 0 Å². The van der Waals surface area contributed by atoms with Crippen molar-refractivity contribution in [2.45, 2.75) is 59.1 Å². The zero-order chi connectivity index (χ0) is 29.8. The average Bonchev–Trinajstić information content (AvgIpc) is 2.80. The SMILES string of the molecule is CC(C)(C)OC(=O)C(C)(N)CC(C)(C)C(=O)NCCOCCOCCOCCOCCOCCOCC(=O)O. The molecule has 0 aliphatic rings. The first-order chi connectivity index (χ1) is 18.2. The highest BCUT2D eigenvalue weighted by molar-refractivity contribution is 5.85. The van der Waals surface area contributed by atoms with E-state index in [1.54, 1.807) is 41.5 Å². The van der Waals surface area contributed by atoms with E-state index in [-0.39, 0.29) is 25.5 Å². The monoisotopic (exact) mass is 566 g/mol. The van der Waals surface area contributed by atoms with Gasteiger partial charge in [-0.1, -0.05) is 13.8 Å². The van der Waals surface area contributed by atoms with Gasteiger partial charge in [-0.25, -0.2) is 4.79 Å². The predicted octanol–water partition coefficient (Wildman–Crippen LogP) is 0.762. The molecule has 230 valence electrons.